The minimum atomic E-state index is 0.289. The number of aromatic nitrogens is 3. The standard InChI is InChI=1S/C18H20N4O/c23-18(14-3-4-14)22-9-1-2-15(11-22)17-16(10-20-12-21-17)13-5-7-19-8-6-13/h5-8,10,12,14-15H,1-4,9,11H2/t15-/m1/s1. The predicted octanol–water partition coefficient (Wildman–Crippen LogP) is 2.65. The maximum absolute atomic E-state index is 12.4. The van der Waals surface area contributed by atoms with Gasteiger partial charge in [-0.15, -0.1) is 0 Å². The molecule has 5 nitrogen and oxygen atoms in total. The third-order valence-corrected chi connectivity index (χ3v) is 4.78. The third kappa shape index (κ3) is 2.96. The van der Waals surface area contributed by atoms with E-state index in [1.807, 2.05) is 23.2 Å². The fourth-order valence-corrected chi connectivity index (χ4v) is 3.41. The highest BCUT2D eigenvalue weighted by Crippen LogP contribution is 2.36. The molecule has 0 unspecified atom stereocenters. The first-order valence-electron chi connectivity index (χ1n) is 8.32. The van der Waals surface area contributed by atoms with Gasteiger partial charge in [0.25, 0.3) is 0 Å². The first-order valence-corrected chi connectivity index (χ1v) is 8.32. The number of amides is 1. The van der Waals surface area contributed by atoms with Crippen molar-refractivity contribution in [3.63, 3.8) is 0 Å². The smallest absolute Gasteiger partial charge is 0.225 e. The average molecular weight is 308 g/mol. The zero-order chi connectivity index (χ0) is 15.6. The normalized spacial score (nSPS) is 21.2. The van der Waals surface area contributed by atoms with Crippen LogP contribution in [0, 0.1) is 5.92 Å². The number of hydrogen-bond donors (Lipinski definition) is 0. The van der Waals surface area contributed by atoms with E-state index in [-0.39, 0.29) is 5.92 Å². The van der Waals surface area contributed by atoms with Crippen molar-refractivity contribution in [1.29, 1.82) is 0 Å². The van der Waals surface area contributed by atoms with Crippen LogP contribution in [0.25, 0.3) is 11.1 Å². The van der Waals surface area contributed by atoms with Crippen molar-refractivity contribution >= 4 is 5.91 Å². The topological polar surface area (TPSA) is 59.0 Å². The van der Waals surface area contributed by atoms with Gasteiger partial charge in [0, 0.05) is 49.1 Å². The Hall–Kier alpha value is -2.30. The van der Waals surface area contributed by atoms with Crippen LogP contribution >= 0.6 is 0 Å². The molecule has 1 amide bonds. The Balaban J connectivity index is 1.61. The Morgan fingerprint density at radius 2 is 1.96 bits per heavy atom. The van der Waals surface area contributed by atoms with E-state index in [4.69, 9.17) is 0 Å². The molecular weight excluding hydrogens is 288 g/mol. The van der Waals surface area contributed by atoms with Crippen LogP contribution in [0.5, 0.6) is 0 Å². The number of rotatable bonds is 3. The fourth-order valence-electron chi connectivity index (χ4n) is 3.41. The van der Waals surface area contributed by atoms with Crippen LogP contribution in [0.4, 0.5) is 0 Å². The fraction of sp³-hybridized carbons (Fsp3) is 0.444. The highest BCUT2D eigenvalue weighted by atomic mass is 16.2. The van der Waals surface area contributed by atoms with Crippen LogP contribution in [0.3, 0.4) is 0 Å². The van der Waals surface area contributed by atoms with Crippen molar-refractivity contribution in [3.8, 4) is 11.1 Å². The Kier molecular flexibility index (Phi) is 3.77. The van der Waals surface area contributed by atoms with Crippen molar-refractivity contribution in [1.82, 2.24) is 19.9 Å². The molecule has 1 aliphatic heterocycles. The van der Waals surface area contributed by atoms with E-state index in [1.165, 1.54) is 0 Å². The van der Waals surface area contributed by atoms with Gasteiger partial charge in [0.05, 0.1) is 5.69 Å². The van der Waals surface area contributed by atoms with E-state index in [0.717, 1.165) is 55.6 Å². The van der Waals surface area contributed by atoms with Crippen LogP contribution in [0.2, 0.25) is 0 Å². The van der Waals surface area contributed by atoms with Gasteiger partial charge in [0.2, 0.25) is 5.91 Å². The molecule has 2 aromatic rings. The highest BCUT2D eigenvalue weighted by molar-refractivity contribution is 5.81. The van der Waals surface area contributed by atoms with E-state index in [0.29, 0.717) is 11.8 Å². The zero-order valence-corrected chi connectivity index (χ0v) is 13.1. The maximum Gasteiger partial charge on any atom is 0.225 e. The second kappa shape index (κ2) is 6.07. The van der Waals surface area contributed by atoms with Gasteiger partial charge in [0.1, 0.15) is 6.33 Å². The summed E-state index contributed by atoms with van der Waals surface area (Å²) in [6.45, 7) is 1.67. The van der Waals surface area contributed by atoms with Gasteiger partial charge in [-0.25, -0.2) is 9.97 Å². The van der Waals surface area contributed by atoms with Gasteiger partial charge in [0.15, 0.2) is 0 Å². The predicted molar refractivity (Wildman–Crippen MR) is 86.5 cm³/mol. The lowest BCUT2D eigenvalue weighted by Gasteiger charge is -2.33. The second-order valence-electron chi connectivity index (χ2n) is 6.46. The van der Waals surface area contributed by atoms with Gasteiger partial charge in [-0.05, 0) is 43.4 Å². The lowest BCUT2D eigenvalue weighted by molar-refractivity contribution is -0.133. The van der Waals surface area contributed by atoms with Crippen molar-refractivity contribution < 1.29 is 4.79 Å². The Labute approximate surface area is 135 Å². The number of likely N-dealkylation sites (tertiary alicyclic amines) is 1. The molecule has 5 heteroatoms. The molecule has 0 N–H and O–H groups in total. The molecule has 1 saturated heterocycles. The molecule has 1 atom stereocenters. The minimum absolute atomic E-state index is 0.289. The molecule has 2 fully saturated rings. The van der Waals surface area contributed by atoms with Gasteiger partial charge in [-0.3, -0.25) is 9.78 Å². The van der Waals surface area contributed by atoms with Crippen molar-refractivity contribution in [2.24, 2.45) is 5.92 Å². The van der Waals surface area contributed by atoms with Crippen molar-refractivity contribution in [2.75, 3.05) is 13.1 Å². The van der Waals surface area contributed by atoms with Gasteiger partial charge in [-0.1, -0.05) is 0 Å². The van der Waals surface area contributed by atoms with Gasteiger partial charge >= 0.3 is 0 Å². The molecule has 1 aliphatic carbocycles. The Morgan fingerprint density at radius 1 is 1.13 bits per heavy atom. The first kappa shape index (κ1) is 14.3. The summed E-state index contributed by atoms with van der Waals surface area (Å²) >= 11 is 0. The molecular formula is C18H20N4O. The lowest BCUT2D eigenvalue weighted by Crippen LogP contribution is -2.40. The molecule has 0 spiro atoms. The highest BCUT2D eigenvalue weighted by Gasteiger charge is 2.36. The molecule has 4 rings (SSSR count). The maximum atomic E-state index is 12.4. The summed E-state index contributed by atoms with van der Waals surface area (Å²) in [5.74, 6) is 0.922. The summed E-state index contributed by atoms with van der Waals surface area (Å²) in [4.78, 5) is 27.3. The number of piperidine rings is 1. The molecule has 0 bridgehead atoms. The molecule has 1 saturated carbocycles. The van der Waals surface area contributed by atoms with E-state index < -0.39 is 0 Å². The van der Waals surface area contributed by atoms with Crippen LogP contribution in [-0.4, -0.2) is 38.8 Å². The summed E-state index contributed by atoms with van der Waals surface area (Å²) in [5.41, 5.74) is 3.20. The van der Waals surface area contributed by atoms with Crippen LogP contribution in [0.15, 0.2) is 37.1 Å². The molecule has 23 heavy (non-hydrogen) atoms. The average Bonchev–Trinajstić information content (AvgIpc) is 3.47. The summed E-state index contributed by atoms with van der Waals surface area (Å²) < 4.78 is 0. The molecule has 2 aromatic heterocycles. The number of hydrogen-bond acceptors (Lipinski definition) is 4. The van der Waals surface area contributed by atoms with Crippen molar-refractivity contribution in [2.45, 2.75) is 31.6 Å². The van der Waals surface area contributed by atoms with E-state index in [9.17, 15) is 4.79 Å². The molecule has 0 radical (unpaired) electrons. The molecule has 3 heterocycles. The van der Waals surface area contributed by atoms with Crippen molar-refractivity contribution in [3.05, 3.63) is 42.7 Å². The van der Waals surface area contributed by atoms with Gasteiger partial charge < -0.3 is 4.90 Å². The van der Waals surface area contributed by atoms with E-state index in [1.54, 1.807) is 18.7 Å². The van der Waals surface area contributed by atoms with Crippen LogP contribution in [-0.2, 0) is 4.79 Å². The van der Waals surface area contributed by atoms with Crippen LogP contribution < -0.4 is 0 Å². The van der Waals surface area contributed by atoms with E-state index >= 15 is 0 Å². The zero-order valence-electron chi connectivity index (χ0n) is 13.1. The molecule has 2 aliphatic rings. The number of carbonyl (C=O) groups excluding carboxylic acids is 1. The van der Waals surface area contributed by atoms with Gasteiger partial charge in [-0.2, -0.15) is 0 Å². The quantitative estimate of drug-likeness (QED) is 0.874. The monoisotopic (exact) mass is 308 g/mol. The SMILES string of the molecule is O=C(C1CC1)N1CCC[C@@H](c2ncncc2-c2ccncc2)C1. The van der Waals surface area contributed by atoms with Crippen LogP contribution in [0.1, 0.15) is 37.3 Å². The number of nitrogens with zero attached hydrogens (tertiary/aromatic N) is 4. The minimum Gasteiger partial charge on any atom is -0.342 e. The molecule has 118 valence electrons. The van der Waals surface area contributed by atoms with E-state index in [2.05, 4.69) is 15.0 Å². The number of pyridine rings is 1. The summed E-state index contributed by atoms with van der Waals surface area (Å²) in [6.07, 6.45) is 11.3. The first-order chi connectivity index (χ1) is 11.3. The number of carbonyl (C=O) groups is 1. The second-order valence-corrected chi connectivity index (χ2v) is 6.46. The molecule has 0 aromatic carbocycles. The summed E-state index contributed by atoms with van der Waals surface area (Å²) in [5, 5.41) is 0. The lowest BCUT2D eigenvalue weighted by atomic mass is 9.90. The Bertz CT molecular complexity index is 699. The third-order valence-electron chi connectivity index (χ3n) is 4.78. The summed E-state index contributed by atoms with van der Waals surface area (Å²) in [6, 6.07) is 3.97. The summed E-state index contributed by atoms with van der Waals surface area (Å²) in [7, 11) is 0. The Morgan fingerprint density at radius 3 is 2.74 bits per heavy atom. The largest absolute Gasteiger partial charge is 0.342 e.